The normalized spacial score (nSPS) is 15.0. The second-order valence-corrected chi connectivity index (χ2v) is 5.74. The Morgan fingerprint density at radius 3 is 2.54 bits per heavy atom. The fourth-order valence-corrected chi connectivity index (χ4v) is 2.89. The summed E-state index contributed by atoms with van der Waals surface area (Å²) in [5, 5.41) is 0. The van der Waals surface area contributed by atoms with Crippen LogP contribution in [0.5, 0.6) is 5.75 Å². The van der Waals surface area contributed by atoms with Crippen LogP contribution in [0, 0.1) is 5.82 Å². The van der Waals surface area contributed by atoms with Crippen LogP contribution in [-0.2, 0) is 6.42 Å². The van der Waals surface area contributed by atoms with E-state index >= 15 is 0 Å². The molecule has 0 aliphatic carbocycles. The van der Waals surface area contributed by atoms with E-state index in [1.165, 1.54) is 7.11 Å². The number of piperazine rings is 1. The highest BCUT2D eigenvalue weighted by molar-refractivity contribution is 5.85. The van der Waals surface area contributed by atoms with Crippen molar-refractivity contribution in [3.63, 3.8) is 0 Å². The molecule has 1 aromatic carbocycles. The summed E-state index contributed by atoms with van der Waals surface area (Å²) in [5.74, 6) is 1.06. The smallest absolute Gasteiger partial charge is 0.165 e. The van der Waals surface area contributed by atoms with Crippen LogP contribution in [0.2, 0.25) is 0 Å². The highest BCUT2D eigenvalue weighted by Gasteiger charge is 2.17. The van der Waals surface area contributed by atoms with Crippen molar-refractivity contribution in [3.8, 4) is 5.75 Å². The van der Waals surface area contributed by atoms with Crippen LogP contribution in [0.25, 0.3) is 0 Å². The minimum absolute atomic E-state index is 0. The summed E-state index contributed by atoms with van der Waals surface area (Å²) in [6.07, 6.45) is 2.68. The molecule has 0 atom stereocenters. The lowest BCUT2D eigenvalue weighted by atomic mass is 10.1. The molecule has 0 bridgehead atoms. The molecular weight excluding hydrogens is 329 g/mol. The number of halogens is 2. The van der Waals surface area contributed by atoms with Crippen LogP contribution in [-0.4, -0.2) is 49.7 Å². The number of hydrogen-bond donors (Lipinski definition) is 0. The molecule has 1 aliphatic heterocycles. The Hall–Kier alpha value is -1.85. The van der Waals surface area contributed by atoms with E-state index < -0.39 is 0 Å². The van der Waals surface area contributed by atoms with Gasteiger partial charge in [-0.3, -0.25) is 4.90 Å². The van der Waals surface area contributed by atoms with E-state index in [-0.39, 0.29) is 18.2 Å². The lowest BCUT2D eigenvalue weighted by Gasteiger charge is -2.35. The molecule has 1 aliphatic rings. The Morgan fingerprint density at radius 2 is 1.92 bits per heavy atom. The van der Waals surface area contributed by atoms with Gasteiger partial charge in [-0.2, -0.15) is 0 Å². The van der Waals surface area contributed by atoms with Crippen molar-refractivity contribution in [2.24, 2.45) is 0 Å². The van der Waals surface area contributed by atoms with Gasteiger partial charge < -0.3 is 9.64 Å². The maximum absolute atomic E-state index is 13.7. The zero-order chi connectivity index (χ0) is 16.1. The molecule has 6 heteroatoms. The molecule has 0 unspecified atom stereocenters. The zero-order valence-corrected chi connectivity index (χ0v) is 14.6. The number of methoxy groups -OCH3 is 1. The summed E-state index contributed by atoms with van der Waals surface area (Å²) in [7, 11) is 1.49. The molecule has 1 aromatic heterocycles. The minimum atomic E-state index is -0.287. The molecular formula is C18H23ClFN3O. The number of ether oxygens (including phenoxy) is 1. The maximum atomic E-state index is 13.7. The van der Waals surface area contributed by atoms with E-state index in [9.17, 15) is 4.39 Å². The van der Waals surface area contributed by atoms with Crippen molar-refractivity contribution < 1.29 is 9.13 Å². The minimum Gasteiger partial charge on any atom is -0.494 e. The van der Waals surface area contributed by atoms with Crippen LogP contribution in [0.4, 0.5) is 10.2 Å². The molecule has 2 heterocycles. The van der Waals surface area contributed by atoms with Crippen molar-refractivity contribution in [2.75, 3.05) is 44.7 Å². The van der Waals surface area contributed by atoms with E-state index in [1.807, 2.05) is 24.4 Å². The third-order valence-electron chi connectivity index (χ3n) is 4.28. The molecule has 0 N–H and O–H groups in total. The predicted molar refractivity (Wildman–Crippen MR) is 96.8 cm³/mol. The first kappa shape index (κ1) is 18.5. The van der Waals surface area contributed by atoms with E-state index in [1.54, 1.807) is 12.1 Å². The second-order valence-electron chi connectivity index (χ2n) is 5.74. The number of hydrogen-bond acceptors (Lipinski definition) is 4. The molecule has 0 amide bonds. The van der Waals surface area contributed by atoms with Gasteiger partial charge in [0.15, 0.2) is 11.6 Å². The lowest BCUT2D eigenvalue weighted by molar-refractivity contribution is 0.260. The molecule has 4 nitrogen and oxygen atoms in total. The van der Waals surface area contributed by atoms with Gasteiger partial charge in [0.05, 0.1) is 7.11 Å². The topological polar surface area (TPSA) is 28.6 Å². The SMILES string of the molecule is COc1ccc(CCN2CCN(c3ccccn3)CC2)cc1F.Cl. The summed E-state index contributed by atoms with van der Waals surface area (Å²) < 4.78 is 18.7. The molecule has 1 saturated heterocycles. The Bertz CT molecular complexity index is 633. The molecule has 0 spiro atoms. The van der Waals surface area contributed by atoms with E-state index in [0.717, 1.165) is 50.5 Å². The highest BCUT2D eigenvalue weighted by Crippen LogP contribution is 2.18. The van der Waals surface area contributed by atoms with Crippen LogP contribution >= 0.6 is 12.4 Å². The van der Waals surface area contributed by atoms with E-state index in [4.69, 9.17) is 4.74 Å². The first-order valence-electron chi connectivity index (χ1n) is 7.97. The Balaban J connectivity index is 0.00000208. The van der Waals surface area contributed by atoms with Crippen LogP contribution in [0.15, 0.2) is 42.6 Å². The third-order valence-corrected chi connectivity index (χ3v) is 4.28. The van der Waals surface area contributed by atoms with Crippen LogP contribution in [0.1, 0.15) is 5.56 Å². The highest BCUT2D eigenvalue weighted by atomic mass is 35.5. The summed E-state index contributed by atoms with van der Waals surface area (Å²) in [6.45, 7) is 4.92. The molecule has 1 fully saturated rings. The van der Waals surface area contributed by atoms with Gasteiger partial charge in [-0.15, -0.1) is 12.4 Å². The quantitative estimate of drug-likeness (QED) is 0.828. The van der Waals surface area contributed by atoms with Crippen molar-refractivity contribution in [2.45, 2.75) is 6.42 Å². The molecule has 3 rings (SSSR count). The van der Waals surface area contributed by atoms with Gasteiger partial charge in [0, 0.05) is 38.9 Å². The number of rotatable bonds is 5. The van der Waals surface area contributed by atoms with Crippen LogP contribution in [0.3, 0.4) is 0 Å². The predicted octanol–water partition coefficient (Wildman–Crippen LogP) is 3.02. The molecule has 130 valence electrons. The average molecular weight is 352 g/mol. The van der Waals surface area contributed by atoms with E-state index in [2.05, 4.69) is 20.9 Å². The van der Waals surface area contributed by atoms with E-state index in [0.29, 0.717) is 5.75 Å². The van der Waals surface area contributed by atoms with Crippen molar-refractivity contribution in [3.05, 3.63) is 54.0 Å². The summed E-state index contributed by atoms with van der Waals surface area (Å²) in [4.78, 5) is 9.13. The van der Waals surface area contributed by atoms with Crippen LogP contribution < -0.4 is 9.64 Å². The Morgan fingerprint density at radius 1 is 1.12 bits per heavy atom. The number of nitrogens with zero attached hydrogens (tertiary/aromatic N) is 3. The largest absolute Gasteiger partial charge is 0.494 e. The fourth-order valence-electron chi connectivity index (χ4n) is 2.89. The molecule has 0 radical (unpaired) electrons. The standard InChI is InChI=1S/C18H22FN3O.ClH/c1-23-17-6-5-15(14-16(17)19)7-9-21-10-12-22(13-11-21)18-4-2-3-8-20-18;/h2-6,8,14H,7,9-13H2,1H3;1H. The number of anilines is 1. The summed E-state index contributed by atoms with van der Waals surface area (Å²) in [5.41, 5.74) is 1.01. The van der Waals surface area contributed by atoms with Gasteiger partial charge in [0.25, 0.3) is 0 Å². The first-order valence-corrected chi connectivity index (χ1v) is 7.97. The number of benzene rings is 1. The molecule has 2 aromatic rings. The zero-order valence-electron chi connectivity index (χ0n) is 13.8. The third kappa shape index (κ3) is 4.58. The fraction of sp³-hybridized carbons (Fsp3) is 0.389. The maximum Gasteiger partial charge on any atom is 0.165 e. The number of pyridine rings is 1. The van der Waals surface area contributed by atoms with Gasteiger partial charge in [0.2, 0.25) is 0 Å². The summed E-state index contributed by atoms with van der Waals surface area (Å²) in [6, 6.07) is 11.2. The van der Waals surface area contributed by atoms with Gasteiger partial charge in [-0.05, 0) is 36.2 Å². The van der Waals surface area contributed by atoms with Gasteiger partial charge in [-0.1, -0.05) is 12.1 Å². The average Bonchev–Trinajstić information content (AvgIpc) is 2.61. The monoisotopic (exact) mass is 351 g/mol. The van der Waals surface area contributed by atoms with Gasteiger partial charge >= 0.3 is 0 Å². The molecule has 0 saturated carbocycles. The van der Waals surface area contributed by atoms with Crippen molar-refractivity contribution >= 4 is 18.2 Å². The number of aromatic nitrogens is 1. The molecule has 24 heavy (non-hydrogen) atoms. The second kappa shape index (κ2) is 8.85. The van der Waals surface area contributed by atoms with Gasteiger partial charge in [-0.25, -0.2) is 9.37 Å². The van der Waals surface area contributed by atoms with Crippen molar-refractivity contribution in [1.29, 1.82) is 0 Å². The first-order chi connectivity index (χ1) is 11.3. The van der Waals surface area contributed by atoms with Gasteiger partial charge in [0.1, 0.15) is 5.82 Å². The lowest BCUT2D eigenvalue weighted by Crippen LogP contribution is -2.47. The Kier molecular flexibility index (Phi) is 6.82. The Labute approximate surface area is 148 Å². The summed E-state index contributed by atoms with van der Waals surface area (Å²) >= 11 is 0. The van der Waals surface area contributed by atoms with Crippen molar-refractivity contribution in [1.82, 2.24) is 9.88 Å².